The van der Waals surface area contributed by atoms with Crippen molar-refractivity contribution in [3.8, 4) is 17.0 Å². The van der Waals surface area contributed by atoms with Crippen LogP contribution in [-0.4, -0.2) is 40.7 Å². The van der Waals surface area contributed by atoms with Crippen LogP contribution in [0.5, 0.6) is 5.75 Å². The Balaban J connectivity index is 1.37. The number of aromatic nitrogens is 1. The number of hydrogen-bond donors (Lipinski definition) is 1. The average Bonchev–Trinajstić information content (AvgIpc) is 3.00. The topological polar surface area (TPSA) is 62.7 Å². The van der Waals surface area contributed by atoms with E-state index in [1.54, 1.807) is 12.3 Å². The highest BCUT2D eigenvalue weighted by molar-refractivity contribution is 5.68. The zero-order valence-corrected chi connectivity index (χ0v) is 17.8. The van der Waals surface area contributed by atoms with Gasteiger partial charge in [-0.25, -0.2) is 4.79 Å². The van der Waals surface area contributed by atoms with Crippen molar-refractivity contribution < 1.29 is 27.8 Å². The Kier molecular flexibility index (Phi) is 6.65. The van der Waals surface area contributed by atoms with Crippen LogP contribution in [0.3, 0.4) is 0 Å². The van der Waals surface area contributed by atoms with Gasteiger partial charge in [0, 0.05) is 31.4 Å². The molecule has 33 heavy (non-hydrogen) atoms. The van der Waals surface area contributed by atoms with Gasteiger partial charge < -0.3 is 9.84 Å². The summed E-state index contributed by atoms with van der Waals surface area (Å²) in [5.41, 5.74) is 4.02. The number of alkyl halides is 3. The number of benzene rings is 2. The van der Waals surface area contributed by atoms with Gasteiger partial charge in [0.05, 0.1) is 11.3 Å². The molecule has 3 aromatic rings. The summed E-state index contributed by atoms with van der Waals surface area (Å²) in [6, 6.07) is 14.5. The fourth-order valence-electron chi connectivity index (χ4n) is 3.92. The summed E-state index contributed by atoms with van der Waals surface area (Å²) in [6.45, 7) is 2.08. The van der Waals surface area contributed by atoms with Gasteiger partial charge >= 0.3 is 12.1 Å². The Hall–Kier alpha value is -3.39. The van der Waals surface area contributed by atoms with Gasteiger partial charge in [-0.15, -0.1) is 0 Å². The molecule has 0 unspecified atom stereocenters. The lowest BCUT2D eigenvalue weighted by Crippen LogP contribution is -2.25. The lowest BCUT2D eigenvalue weighted by atomic mass is 10.0. The molecule has 5 nitrogen and oxygen atoms in total. The molecule has 8 heteroatoms. The van der Waals surface area contributed by atoms with Gasteiger partial charge in [-0.3, -0.25) is 9.88 Å². The van der Waals surface area contributed by atoms with E-state index in [2.05, 4.69) is 9.88 Å². The first-order valence-corrected chi connectivity index (χ1v) is 10.6. The highest BCUT2D eigenvalue weighted by Crippen LogP contribution is 2.30. The van der Waals surface area contributed by atoms with Crippen molar-refractivity contribution in [1.29, 1.82) is 0 Å². The van der Waals surface area contributed by atoms with Crippen molar-refractivity contribution in [2.24, 2.45) is 0 Å². The van der Waals surface area contributed by atoms with Crippen molar-refractivity contribution >= 4 is 5.97 Å². The van der Waals surface area contributed by atoms with E-state index in [-0.39, 0.29) is 6.61 Å². The molecule has 1 aromatic heterocycles. The van der Waals surface area contributed by atoms with Gasteiger partial charge in [0.2, 0.25) is 0 Å². The van der Waals surface area contributed by atoms with Crippen LogP contribution in [0.25, 0.3) is 11.3 Å². The molecule has 172 valence electrons. The summed E-state index contributed by atoms with van der Waals surface area (Å²) in [5.74, 6) is -0.443. The Morgan fingerprint density at radius 1 is 1.00 bits per heavy atom. The van der Waals surface area contributed by atoms with Gasteiger partial charge in [0.25, 0.3) is 0 Å². The Morgan fingerprint density at radius 2 is 1.73 bits per heavy atom. The molecule has 1 aliphatic rings. The molecule has 0 atom stereocenters. The number of carboxylic acids is 1. The number of pyridine rings is 1. The van der Waals surface area contributed by atoms with Crippen molar-refractivity contribution in [2.75, 3.05) is 19.7 Å². The Morgan fingerprint density at radius 3 is 2.36 bits per heavy atom. The lowest BCUT2D eigenvalue weighted by Gasteiger charge is -2.19. The molecule has 0 aliphatic carbocycles. The number of hydrogen-bond acceptors (Lipinski definition) is 4. The third kappa shape index (κ3) is 5.90. The number of halogens is 3. The molecule has 0 radical (unpaired) electrons. The van der Waals surface area contributed by atoms with Gasteiger partial charge in [-0.2, -0.15) is 13.2 Å². The summed E-state index contributed by atoms with van der Waals surface area (Å²) in [7, 11) is 0. The van der Waals surface area contributed by atoms with Crippen LogP contribution in [-0.2, 0) is 30.4 Å². The smallest absolute Gasteiger partial charge is 0.416 e. The van der Waals surface area contributed by atoms with E-state index in [4.69, 9.17) is 9.84 Å². The Labute approximate surface area is 189 Å². The molecular weight excluding hydrogens is 433 g/mol. The van der Waals surface area contributed by atoms with Crippen molar-refractivity contribution in [3.05, 3.63) is 83.0 Å². The summed E-state index contributed by atoms with van der Waals surface area (Å²) < 4.78 is 43.5. The third-order valence-corrected chi connectivity index (χ3v) is 5.67. The fraction of sp³-hybridized carbons (Fsp3) is 0.280. The average molecular weight is 456 g/mol. The van der Waals surface area contributed by atoms with E-state index >= 15 is 0 Å². The minimum absolute atomic E-state index is 0.361. The number of aliphatic carboxylic acids is 1. The van der Waals surface area contributed by atoms with E-state index < -0.39 is 17.7 Å². The lowest BCUT2D eigenvalue weighted by molar-refractivity contribution is -0.139. The van der Waals surface area contributed by atoms with Crippen LogP contribution in [0.2, 0.25) is 0 Å². The standard InChI is InChI=1S/C25H23F3N2O3/c26-25(27,28)21-5-2-19(3-6-21)23-8-1-17(14-29-23)15-30-11-9-18-4-7-22(33-16-24(31)32)13-20(18)10-12-30/h1-8,13-14H,9-12,15-16H2,(H,31,32). The zero-order chi connectivity index (χ0) is 23.4. The van der Waals surface area contributed by atoms with Crippen LogP contribution in [0, 0.1) is 0 Å². The van der Waals surface area contributed by atoms with Crippen LogP contribution < -0.4 is 4.74 Å². The quantitative estimate of drug-likeness (QED) is 0.576. The maximum atomic E-state index is 12.7. The molecule has 0 saturated carbocycles. The van der Waals surface area contributed by atoms with Gasteiger partial charge in [0.1, 0.15) is 5.75 Å². The van der Waals surface area contributed by atoms with E-state index in [0.717, 1.165) is 55.7 Å². The summed E-state index contributed by atoms with van der Waals surface area (Å²) in [6.07, 6.45) is -0.874. The van der Waals surface area contributed by atoms with Crippen LogP contribution in [0.1, 0.15) is 22.3 Å². The van der Waals surface area contributed by atoms with Crippen LogP contribution in [0.15, 0.2) is 60.8 Å². The largest absolute Gasteiger partial charge is 0.482 e. The molecule has 1 aliphatic heterocycles. The highest BCUT2D eigenvalue weighted by Gasteiger charge is 2.30. The van der Waals surface area contributed by atoms with E-state index in [1.807, 2.05) is 24.3 Å². The molecule has 0 spiro atoms. The molecule has 2 heterocycles. The highest BCUT2D eigenvalue weighted by atomic mass is 19.4. The van der Waals surface area contributed by atoms with Crippen molar-refractivity contribution in [3.63, 3.8) is 0 Å². The van der Waals surface area contributed by atoms with Gasteiger partial charge in [0.15, 0.2) is 6.61 Å². The van der Waals surface area contributed by atoms with Crippen molar-refractivity contribution in [2.45, 2.75) is 25.6 Å². The predicted molar refractivity (Wildman–Crippen MR) is 117 cm³/mol. The van der Waals surface area contributed by atoms with E-state index in [1.165, 1.54) is 17.7 Å². The second-order valence-electron chi connectivity index (χ2n) is 8.02. The molecule has 0 fully saturated rings. The normalized spacial score (nSPS) is 14.4. The minimum atomic E-state index is -4.35. The van der Waals surface area contributed by atoms with Gasteiger partial charge in [-0.1, -0.05) is 24.3 Å². The van der Waals surface area contributed by atoms with Crippen LogP contribution >= 0.6 is 0 Å². The molecule has 0 saturated heterocycles. The summed E-state index contributed by atoms with van der Waals surface area (Å²) in [4.78, 5) is 17.5. The number of ether oxygens (including phenoxy) is 1. The molecule has 0 amide bonds. The molecular formula is C25H23F3N2O3. The number of carboxylic acid groups (broad SMARTS) is 1. The maximum absolute atomic E-state index is 12.7. The molecule has 2 aromatic carbocycles. The van der Waals surface area contributed by atoms with Crippen molar-refractivity contribution in [1.82, 2.24) is 9.88 Å². The SMILES string of the molecule is O=C(O)COc1ccc2c(c1)CCN(Cc1ccc(-c3ccc(C(F)(F)F)cc3)nc1)CC2. The Bertz CT molecular complexity index is 1110. The molecule has 1 N–H and O–H groups in total. The second kappa shape index (κ2) is 9.62. The fourth-order valence-corrected chi connectivity index (χ4v) is 3.92. The van der Waals surface area contributed by atoms with E-state index in [0.29, 0.717) is 17.0 Å². The monoisotopic (exact) mass is 456 g/mol. The van der Waals surface area contributed by atoms with Gasteiger partial charge in [-0.05, 0) is 59.9 Å². The molecule has 0 bridgehead atoms. The summed E-state index contributed by atoms with van der Waals surface area (Å²) >= 11 is 0. The van der Waals surface area contributed by atoms with E-state index in [9.17, 15) is 18.0 Å². The third-order valence-electron chi connectivity index (χ3n) is 5.67. The predicted octanol–water partition coefficient (Wildman–Crippen LogP) is 4.83. The number of carbonyl (C=O) groups is 1. The first-order chi connectivity index (χ1) is 15.8. The number of nitrogens with zero attached hydrogens (tertiary/aromatic N) is 2. The number of fused-ring (bicyclic) bond motifs is 1. The maximum Gasteiger partial charge on any atom is 0.416 e. The zero-order valence-electron chi connectivity index (χ0n) is 17.8. The minimum Gasteiger partial charge on any atom is -0.482 e. The first-order valence-electron chi connectivity index (χ1n) is 10.6. The first kappa shape index (κ1) is 22.8. The van der Waals surface area contributed by atoms with Crippen LogP contribution in [0.4, 0.5) is 13.2 Å². The molecule has 4 rings (SSSR count). The second-order valence-corrected chi connectivity index (χ2v) is 8.02. The number of rotatable bonds is 6. The summed E-state index contributed by atoms with van der Waals surface area (Å²) in [5, 5.41) is 8.78.